The van der Waals surface area contributed by atoms with Crippen LogP contribution in [0.5, 0.6) is 0 Å². The molecular formula is C12H12O2S. The molecule has 0 bridgehead atoms. The molecule has 0 spiro atoms. The second kappa shape index (κ2) is 4.11. The highest BCUT2D eigenvalue weighted by atomic mass is 32.2. The molecule has 0 N–H and O–H groups in total. The van der Waals surface area contributed by atoms with Crippen molar-refractivity contribution >= 4 is 28.5 Å². The van der Waals surface area contributed by atoms with E-state index in [0.717, 1.165) is 11.0 Å². The Labute approximate surface area is 92.7 Å². The number of furan rings is 1. The number of Topliss-reactive ketones (excluding diaryl/α,β-unsaturated/α-hetero) is 1. The van der Waals surface area contributed by atoms with Crippen molar-refractivity contribution in [3.05, 3.63) is 35.6 Å². The van der Waals surface area contributed by atoms with Crippen LogP contribution in [0.1, 0.15) is 16.1 Å². The molecule has 2 aromatic rings. The van der Waals surface area contributed by atoms with Crippen LogP contribution in [-0.4, -0.2) is 17.8 Å². The SMILES string of the molecule is CSCC(=O)c1cc2cc(C)ccc2o1. The van der Waals surface area contributed by atoms with E-state index in [4.69, 9.17) is 4.42 Å². The highest BCUT2D eigenvalue weighted by Gasteiger charge is 2.11. The first-order valence-electron chi connectivity index (χ1n) is 4.73. The van der Waals surface area contributed by atoms with Crippen molar-refractivity contribution in [2.75, 3.05) is 12.0 Å². The predicted molar refractivity (Wildman–Crippen MR) is 63.7 cm³/mol. The maximum absolute atomic E-state index is 11.6. The van der Waals surface area contributed by atoms with Gasteiger partial charge >= 0.3 is 0 Å². The van der Waals surface area contributed by atoms with Crippen LogP contribution in [0, 0.1) is 6.92 Å². The van der Waals surface area contributed by atoms with Crippen LogP contribution in [0.2, 0.25) is 0 Å². The van der Waals surface area contributed by atoms with Gasteiger partial charge in [-0.25, -0.2) is 0 Å². The predicted octanol–water partition coefficient (Wildman–Crippen LogP) is 3.29. The second-order valence-electron chi connectivity index (χ2n) is 3.51. The van der Waals surface area contributed by atoms with Gasteiger partial charge in [0.05, 0.1) is 5.75 Å². The summed E-state index contributed by atoms with van der Waals surface area (Å²) < 4.78 is 5.47. The lowest BCUT2D eigenvalue weighted by Gasteiger charge is -1.91. The highest BCUT2D eigenvalue weighted by molar-refractivity contribution is 7.99. The molecule has 78 valence electrons. The minimum atomic E-state index is 0.0522. The largest absolute Gasteiger partial charge is 0.453 e. The molecular weight excluding hydrogens is 208 g/mol. The monoisotopic (exact) mass is 220 g/mol. The fourth-order valence-corrected chi connectivity index (χ4v) is 1.91. The van der Waals surface area contributed by atoms with Crippen LogP contribution >= 0.6 is 11.8 Å². The standard InChI is InChI=1S/C12H12O2S/c1-8-3-4-11-9(5-8)6-12(14-11)10(13)7-15-2/h3-6H,7H2,1-2H3. The minimum Gasteiger partial charge on any atom is -0.453 e. The molecule has 0 aliphatic carbocycles. The van der Waals surface area contributed by atoms with Crippen molar-refractivity contribution in [1.82, 2.24) is 0 Å². The summed E-state index contributed by atoms with van der Waals surface area (Å²) >= 11 is 1.51. The Balaban J connectivity index is 2.42. The Morgan fingerprint density at radius 1 is 1.40 bits per heavy atom. The van der Waals surface area contributed by atoms with E-state index in [2.05, 4.69) is 0 Å². The maximum atomic E-state index is 11.6. The Hall–Kier alpha value is -1.22. The summed E-state index contributed by atoms with van der Waals surface area (Å²) in [5, 5.41) is 0.999. The van der Waals surface area contributed by atoms with E-state index in [1.165, 1.54) is 17.3 Å². The van der Waals surface area contributed by atoms with Crippen molar-refractivity contribution in [3.63, 3.8) is 0 Å². The number of ketones is 1. The van der Waals surface area contributed by atoms with Gasteiger partial charge in [-0.2, -0.15) is 11.8 Å². The third kappa shape index (κ3) is 2.07. The highest BCUT2D eigenvalue weighted by Crippen LogP contribution is 2.21. The molecule has 0 atom stereocenters. The van der Waals surface area contributed by atoms with Crippen LogP contribution in [0.15, 0.2) is 28.7 Å². The molecule has 2 rings (SSSR count). The van der Waals surface area contributed by atoms with Crippen molar-refractivity contribution in [2.45, 2.75) is 6.92 Å². The fraction of sp³-hybridized carbons (Fsp3) is 0.250. The van der Waals surface area contributed by atoms with Crippen LogP contribution < -0.4 is 0 Å². The first-order chi connectivity index (χ1) is 7.20. The molecule has 1 heterocycles. The number of rotatable bonds is 3. The fourth-order valence-electron chi connectivity index (χ4n) is 1.50. The number of hydrogen-bond donors (Lipinski definition) is 0. The summed E-state index contributed by atoms with van der Waals surface area (Å²) in [4.78, 5) is 11.6. The number of benzene rings is 1. The van der Waals surface area contributed by atoms with Crippen LogP contribution in [0.25, 0.3) is 11.0 Å². The zero-order valence-corrected chi connectivity index (χ0v) is 9.56. The van der Waals surface area contributed by atoms with Crippen molar-refractivity contribution < 1.29 is 9.21 Å². The summed E-state index contributed by atoms with van der Waals surface area (Å²) in [7, 11) is 0. The molecule has 1 aromatic carbocycles. The van der Waals surface area contributed by atoms with E-state index in [9.17, 15) is 4.79 Å². The number of carbonyl (C=O) groups excluding carboxylic acids is 1. The van der Waals surface area contributed by atoms with Crippen LogP contribution in [-0.2, 0) is 0 Å². The summed E-state index contributed by atoms with van der Waals surface area (Å²) in [6.45, 7) is 2.02. The van der Waals surface area contributed by atoms with Crippen molar-refractivity contribution in [3.8, 4) is 0 Å². The molecule has 0 fully saturated rings. The first-order valence-corrected chi connectivity index (χ1v) is 6.12. The number of fused-ring (bicyclic) bond motifs is 1. The second-order valence-corrected chi connectivity index (χ2v) is 4.37. The number of carbonyl (C=O) groups is 1. The van der Waals surface area contributed by atoms with Crippen LogP contribution in [0.4, 0.5) is 0 Å². The van der Waals surface area contributed by atoms with Gasteiger partial charge in [-0.3, -0.25) is 4.79 Å². The van der Waals surface area contributed by atoms with E-state index < -0.39 is 0 Å². The number of hydrogen-bond acceptors (Lipinski definition) is 3. The van der Waals surface area contributed by atoms with E-state index >= 15 is 0 Å². The molecule has 3 heteroatoms. The van der Waals surface area contributed by atoms with Crippen molar-refractivity contribution in [2.24, 2.45) is 0 Å². The third-order valence-corrected chi connectivity index (χ3v) is 2.77. The smallest absolute Gasteiger partial charge is 0.207 e. The Kier molecular flexibility index (Phi) is 2.82. The third-order valence-electron chi connectivity index (χ3n) is 2.22. The van der Waals surface area contributed by atoms with Gasteiger partial charge in [-0.1, -0.05) is 11.6 Å². The summed E-state index contributed by atoms with van der Waals surface area (Å²) in [6.07, 6.45) is 1.91. The van der Waals surface area contributed by atoms with Gasteiger partial charge in [0.25, 0.3) is 0 Å². The normalized spacial score (nSPS) is 10.8. The lowest BCUT2D eigenvalue weighted by Crippen LogP contribution is -1.99. The van der Waals surface area contributed by atoms with Gasteiger partial charge in [0.2, 0.25) is 5.78 Å². The van der Waals surface area contributed by atoms with Crippen molar-refractivity contribution in [1.29, 1.82) is 0 Å². The van der Waals surface area contributed by atoms with Gasteiger partial charge in [0.15, 0.2) is 5.76 Å². The molecule has 0 aliphatic rings. The van der Waals surface area contributed by atoms with Gasteiger partial charge in [-0.15, -0.1) is 0 Å². The average Bonchev–Trinajstić information content (AvgIpc) is 2.60. The maximum Gasteiger partial charge on any atom is 0.207 e. The van der Waals surface area contributed by atoms with Crippen LogP contribution in [0.3, 0.4) is 0 Å². The Bertz CT molecular complexity index is 499. The molecule has 0 aliphatic heterocycles. The summed E-state index contributed by atoms with van der Waals surface area (Å²) in [5.41, 5.74) is 1.96. The Morgan fingerprint density at radius 3 is 2.93 bits per heavy atom. The quantitative estimate of drug-likeness (QED) is 0.743. The average molecular weight is 220 g/mol. The summed E-state index contributed by atoms with van der Waals surface area (Å²) in [5.74, 6) is 0.986. The van der Waals surface area contributed by atoms with Gasteiger partial charge in [0, 0.05) is 5.39 Å². The molecule has 2 nitrogen and oxygen atoms in total. The number of thioether (sulfide) groups is 1. The summed E-state index contributed by atoms with van der Waals surface area (Å²) in [6, 6.07) is 7.73. The van der Waals surface area contributed by atoms with E-state index in [1.54, 1.807) is 0 Å². The Morgan fingerprint density at radius 2 is 2.20 bits per heavy atom. The molecule has 1 aromatic heterocycles. The van der Waals surface area contributed by atoms with E-state index in [1.807, 2.05) is 37.4 Å². The molecule has 0 saturated carbocycles. The topological polar surface area (TPSA) is 30.2 Å². The number of aryl methyl sites for hydroxylation is 1. The zero-order valence-electron chi connectivity index (χ0n) is 8.74. The molecule has 0 amide bonds. The molecule has 0 saturated heterocycles. The molecule has 0 unspecified atom stereocenters. The van der Waals surface area contributed by atoms with E-state index in [-0.39, 0.29) is 5.78 Å². The van der Waals surface area contributed by atoms with Gasteiger partial charge < -0.3 is 4.42 Å². The lowest BCUT2D eigenvalue weighted by atomic mass is 10.2. The molecule has 15 heavy (non-hydrogen) atoms. The van der Waals surface area contributed by atoms with Gasteiger partial charge in [-0.05, 0) is 31.4 Å². The first kappa shape index (κ1) is 10.3. The van der Waals surface area contributed by atoms with E-state index in [0.29, 0.717) is 11.5 Å². The zero-order chi connectivity index (χ0) is 10.8. The lowest BCUT2D eigenvalue weighted by molar-refractivity contribution is 0.0994. The minimum absolute atomic E-state index is 0.0522. The van der Waals surface area contributed by atoms with Gasteiger partial charge in [0.1, 0.15) is 5.58 Å². The molecule has 0 radical (unpaired) electrons.